The molecule has 0 radical (unpaired) electrons. The zero-order chi connectivity index (χ0) is 25.1. The van der Waals surface area contributed by atoms with Crippen LogP contribution in [0.5, 0.6) is 5.75 Å². The third-order valence-electron chi connectivity index (χ3n) is 7.81. The maximum Gasteiger partial charge on any atom is 0.410 e. The molecule has 3 aliphatic rings. The smallest absolute Gasteiger partial charge is 0.410 e. The molecular weight excluding hydrogens is 470 g/mol. The van der Waals surface area contributed by atoms with Gasteiger partial charge in [0, 0.05) is 31.5 Å². The van der Waals surface area contributed by atoms with E-state index in [0.29, 0.717) is 43.1 Å². The van der Waals surface area contributed by atoms with Crippen molar-refractivity contribution in [3.8, 4) is 11.4 Å². The highest BCUT2D eigenvalue weighted by atomic mass is 19.1. The van der Waals surface area contributed by atoms with E-state index >= 15 is 0 Å². The summed E-state index contributed by atoms with van der Waals surface area (Å²) in [5, 5.41) is 0.644. The van der Waals surface area contributed by atoms with Crippen molar-refractivity contribution in [1.29, 1.82) is 0 Å². The number of amides is 1. The second-order valence-corrected chi connectivity index (χ2v) is 10.0. The number of fused-ring (bicyclic) bond motifs is 3. The van der Waals surface area contributed by atoms with Gasteiger partial charge in [0.1, 0.15) is 28.6 Å². The summed E-state index contributed by atoms with van der Waals surface area (Å²) in [6, 6.07) is 6.89. The fourth-order valence-corrected chi connectivity index (χ4v) is 5.34. The average Bonchev–Trinajstić information content (AvgIpc) is 3.47. The lowest BCUT2D eigenvalue weighted by Gasteiger charge is -2.52. The van der Waals surface area contributed by atoms with Crippen molar-refractivity contribution in [2.75, 3.05) is 26.3 Å². The summed E-state index contributed by atoms with van der Waals surface area (Å²) in [6.07, 6.45) is 5.54. The maximum absolute atomic E-state index is 14.5. The Morgan fingerprint density at radius 3 is 2.61 bits per heavy atom. The zero-order valence-electron chi connectivity index (χ0n) is 20.0. The Kier molecular flexibility index (Phi) is 5.42. The molecule has 2 bridgehead atoms. The molecule has 2 atom stereocenters. The Morgan fingerprint density at radius 1 is 1.19 bits per heavy atom. The van der Waals surface area contributed by atoms with Crippen LogP contribution in [0.3, 0.4) is 0 Å². The highest BCUT2D eigenvalue weighted by molar-refractivity contribution is 5.84. The molecule has 36 heavy (non-hydrogen) atoms. The van der Waals surface area contributed by atoms with Gasteiger partial charge in [0.15, 0.2) is 5.72 Å². The molecule has 1 aromatic carbocycles. The van der Waals surface area contributed by atoms with Crippen LogP contribution in [0.15, 0.2) is 42.7 Å². The van der Waals surface area contributed by atoms with Gasteiger partial charge in [-0.2, -0.15) is 0 Å². The van der Waals surface area contributed by atoms with Crippen molar-refractivity contribution < 1.29 is 27.8 Å². The summed E-state index contributed by atoms with van der Waals surface area (Å²) in [5.41, 5.74) is 6.16. The lowest BCUT2D eigenvalue weighted by molar-refractivity contribution is -0.170. The first kappa shape index (κ1) is 23.2. The second-order valence-electron chi connectivity index (χ2n) is 10.0. The van der Waals surface area contributed by atoms with E-state index in [0.717, 1.165) is 25.3 Å². The fraction of sp³-hybridized carbons (Fsp3) is 0.462. The van der Waals surface area contributed by atoms with Crippen molar-refractivity contribution in [3.63, 3.8) is 0 Å². The molecule has 1 aliphatic carbocycles. The van der Waals surface area contributed by atoms with Crippen molar-refractivity contribution >= 4 is 17.1 Å². The molecule has 190 valence electrons. The molecule has 2 aliphatic heterocycles. The van der Waals surface area contributed by atoms with Crippen LogP contribution in [-0.4, -0.2) is 58.2 Å². The molecular formula is C26H28F2N4O4. The molecule has 6 rings (SSSR count). The van der Waals surface area contributed by atoms with Crippen LogP contribution >= 0.6 is 0 Å². The normalized spacial score (nSPS) is 26.6. The Balaban J connectivity index is 1.27. The Morgan fingerprint density at radius 2 is 1.94 bits per heavy atom. The number of likely N-dealkylation sites (tertiary alicyclic amines) is 1. The molecule has 4 heterocycles. The van der Waals surface area contributed by atoms with Gasteiger partial charge in [-0.15, -0.1) is 0 Å². The number of aromatic nitrogens is 2. The van der Waals surface area contributed by atoms with Gasteiger partial charge in [-0.3, -0.25) is 10.3 Å². The summed E-state index contributed by atoms with van der Waals surface area (Å²) in [4.78, 5) is 19.0. The van der Waals surface area contributed by atoms with Gasteiger partial charge in [-0.05, 0) is 43.5 Å². The van der Waals surface area contributed by atoms with Crippen LogP contribution in [0.25, 0.3) is 16.7 Å². The second kappa shape index (κ2) is 8.41. The Bertz CT molecular complexity index is 1310. The number of nitrogens with zero attached hydrogens (tertiary/aromatic N) is 3. The molecule has 0 spiro atoms. The third kappa shape index (κ3) is 3.79. The predicted octanol–water partition coefficient (Wildman–Crippen LogP) is 3.99. The van der Waals surface area contributed by atoms with E-state index in [4.69, 9.17) is 19.9 Å². The van der Waals surface area contributed by atoms with Gasteiger partial charge in [0.05, 0.1) is 36.1 Å². The first-order chi connectivity index (χ1) is 17.3. The number of carbonyl (C=O) groups is 1. The standard InChI is InChI=1S/C26H28F2N4O4/c1-2-25(7-8-25)36-24(33)31-12-16-14-34-15-17(13-31)26(16,29)35-22-5-9-30-23-19(22)6-10-32(23)21-4-3-18(27)11-20(21)28/h3-6,9-11,16-17H,2,7-8,12-15,29H2,1H3. The Hall–Kier alpha value is -3.24. The summed E-state index contributed by atoms with van der Waals surface area (Å²) in [6.45, 7) is 3.46. The topological polar surface area (TPSA) is 91.8 Å². The van der Waals surface area contributed by atoms with Crippen LogP contribution in [-0.2, 0) is 9.47 Å². The highest BCUT2D eigenvalue weighted by Gasteiger charge is 2.55. The molecule has 1 saturated carbocycles. The van der Waals surface area contributed by atoms with Crippen LogP contribution < -0.4 is 10.5 Å². The number of carbonyl (C=O) groups excluding carboxylic acids is 1. The van der Waals surface area contributed by atoms with E-state index in [2.05, 4.69) is 4.98 Å². The average molecular weight is 499 g/mol. The van der Waals surface area contributed by atoms with E-state index in [-0.39, 0.29) is 29.2 Å². The summed E-state index contributed by atoms with van der Waals surface area (Å²) < 4.78 is 47.5. The first-order valence-electron chi connectivity index (χ1n) is 12.3. The van der Waals surface area contributed by atoms with Gasteiger partial charge in [0.25, 0.3) is 0 Å². The number of nitrogens with two attached hydrogens (primary N) is 1. The van der Waals surface area contributed by atoms with Gasteiger partial charge in [-0.1, -0.05) is 6.92 Å². The van der Waals surface area contributed by atoms with Crippen molar-refractivity contribution in [3.05, 3.63) is 54.4 Å². The fourth-order valence-electron chi connectivity index (χ4n) is 5.34. The van der Waals surface area contributed by atoms with Crippen LogP contribution in [0, 0.1) is 23.5 Å². The molecule has 3 fully saturated rings. The minimum atomic E-state index is -1.07. The molecule has 2 N–H and O–H groups in total. The summed E-state index contributed by atoms with van der Waals surface area (Å²) in [5.74, 6) is -1.39. The molecule has 2 saturated heterocycles. The largest absolute Gasteiger partial charge is 0.471 e. The van der Waals surface area contributed by atoms with Gasteiger partial charge < -0.3 is 19.1 Å². The zero-order valence-corrected chi connectivity index (χ0v) is 20.0. The predicted molar refractivity (Wildman–Crippen MR) is 127 cm³/mol. The first-order valence-corrected chi connectivity index (χ1v) is 12.3. The van der Waals surface area contributed by atoms with E-state index in [1.54, 1.807) is 34.0 Å². The number of ether oxygens (including phenoxy) is 3. The van der Waals surface area contributed by atoms with Gasteiger partial charge in [-0.25, -0.2) is 18.6 Å². The highest BCUT2D eigenvalue weighted by Crippen LogP contribution is 2.44. The number of pyridine rings is 1. The molecule has 10 heteroatoms. The summed E-state index contributed by atoms with van der Waals surface area (Å²) >= 11 is 0. The number of halogens is 2. The molecule has 2 unspecified atom stereocenters. The van der Waals surface area contributed by atoms with E-state index in [9.17, 15) is 13.6 Å². The number of piperidine rings is 1. The van der Waals surface area contributed by atoms with Crippen LogP contribution in [0.2, 0.25) is 0 Å². The summed E-state index contributed by atoms with van der Waals surface area (Å²) in [7, 11) is 0. The van der Waals surface area contributed by atoms with E-state index < -0.39 is 17.4 Å². The van der Waals surface area contributed by atoms with E-state index in [1.807, 2.05) is 6.92 Å². The molecule has 3 aromatic rings. The van der Waals surface area contributed by atoms with Crippen molar-refractivity contribution in [2.45, 2.75) is 37.5 Å². The lowest BCUT2D eigenvalue weighted by Crippen LogP contribution is -2.71. The number of hydrogen-bond donors (Lipinski definition) is 1. The third-order valence-corrected chi connectivity index (χ3v) is 7.81. The molecule has 2 aromatic heterocycles. The lowest BCUT2D eigenvalue weighted by atomic mass is 9.79. The minimum absolute atomic E-state index is 0.177. The number of benzene rings is 1. The SMILES string of the molecule is CCC1(OC(=O)N2CC3COCC(C2)C3(N)Oc2ccnc3c2ccn3-c2ccc(F)cc2F)CC1. The maximum atomic E-state index is 14.5. The number of hydrogen-bond acceptors (Lipinski definition) is 6. The minimum Gasteiger partial charge on any atom is -0.471 e. The van der Waals surface area contributed by atoms with Crippen molar-refractivity contribution in [1.82, 2.24) is 14.5 Å². The number of rotatable bonds is 5. The Labute approximate surface area is 206 Å². The van der Waals surface area contributed by atoms with Crippen LogP contribution in [0.4, 0.5) is 13.6 Å². The quantitative estimate of drug-likeness (QED) is 0.535. The van der Waals surface area contributed by atoms with Gasteiger partial charge >= 0.3 is 6.09 Å². The van der Waals surface area contributed by atoms with Gasteiger partial charge in [0.2, 0.25) is 0 Å². The molecule has 8 nitrogen and oxygen atoms in total. The van der Waals surface area contributed by atoms with Crippen molar-refractivity contribution in [2.24, 2.45) is 17.6 Å². The van der Waals surface area contributed by atoms with E-state index in [1.165, 1.54) is 12.1 Å². The van der Waals surface area contributed by atoms with Crippen LogP contribution in [0.1, 0.15) is 26.2 Å². The monoisotopic (exact) mass is 498 g/mol. The molecule has 1 amide bonds.